The van der Waals surface area contributed by atoms with Crippen LogP contribution in [0.15, 0.2) is 22.7 Å². The van der Waals surface area contributed by atoms with E-state index in [0.29, 0.717) is 10.4 Å². The molecule has 1 aliphatic rings. The van der Waals surface area contributed by atoms with E-state index in [0.717, 1.165) is 12.0 Å². The van der Waals surface area contributed by atoms with Crippen LogP contribution in [0.1, 0.15) is 38.7 Å². The Kier molecular flexibility index (Phi) is 3.98. The van der Waals surface area contributed by atoms with E-state index in [1.807, 2.05) is 6.07 Å². The molecule has 0 aromatic heterocycles. The van der Waals surface area contributed by atoms with E-state index in [9.17, 15) is 4.39 Å². The van der Waals surface area contributed by atoms with Gasteiger partial charge in [-0.15, -0.1) is 0 Å². The maximum Gasteiger partial charge on any atom is 0.192 e. The Morgan fingerprint density at radius 1 is 1.32 bits per heavy atom. The summed E-state index contributed by atoms with van der Waals surface area (Å²) < 4.78 is 20.4. The van der Waals surface area contributed by atoms with Crippen LogP contribution in [0.25, 0.3) is 0 Å². The Bertz CT molecular complexity index is 482. The SMILES string of the molecule is CC(C)(C)[Si](C)(C)O[C@H]1C[C@@H]1c1ccc(Br)c(F)c1. The number of benzene rings is 1. The number of halogens is 2. The molecule has 0 bridgehead atoms. The molecule has 1 saturated carbocycles. The first-order valence-electron chi connectivity index (χ1n) is 6.74. The Morgan fingerprint density at radius 3 is 2.47 bits per heavy atom. The quantitative estimate of drug-likeness (QED) is 0.661. The van der Waals surface area contributed by atoms with E-state index in [-0.39, 0.29) is 17.0 Å². The lowest BCUT2D eigenvalue weighted by molar-refractivity contribution is 0.267. The molecule has 4 heteroatoms. The smallest absolute Gasteiger partial charge is 0.192 e. The highest BCUT2D eigenvalue weighted by Gasteiger charge is 2.47. The van der Waals surface area contributed by atoms with E-state index in [1.165, 1.54) is 0 Å². The summed E-state index contributed by atoms with van der Waals surface area (Å²) in [6.07, 6.45) is 1.30. The van der Waals surface area contributed by atoms with Crippen LogP contribution in [0, 0.1) is 5.82 Å². The number of rotatable bonds is 3. The van der Waals surface area contributed by atoms with Gasteiger partial charge in [-0.2, -0.15) is 0 Å². The predicted octanol–water partition coefficient (Wildman–Crippen LogP) is 5.47. The van der Waals surface area contributed by atoms with Gasteiger partial charge in [0.2, 0.25) is 0 Å². The van der Waals surface area contributed by atoms with Crippen LogP contribution in [-0.4, -0.2) is 14.4 Å². The highest BCUT2D eigenvalue weighted by Crippen LogP contribution is 2.48. The molecule has 0 radical (unpaired) electrons. The second-order valence-electron chi connectivity index (χ2n) is 6.93. The molecule has 2 atom stereocenters. The minimum Gasteiger partial charge on any atom is -0.413 e. The fraction of sp³-hybridized carbons (Fsp3) is 0.600. The zero-order valence-electron chi connectivity index (χ0n) is 12.3. The van der Waals surface area contributed by atoms with Crippen LogP contribution in [-0.2, 0) is 4.43 Å². The minimum atomic E-state index is -1.71. The standard InChI is InChI=1S/C15H22BrFOSi/c1-15(2,3)19(4,5)18-14-9-11(14)10-6-7-12(16)13(17)8-10/h6-8,11,14H,9H2,1-5H3/t11-,14+/m1/s1. The lowest BCUT2D eigenvalue weighted by Crippen LogP contribution is -2.41. The normalized spacial score (nSPS) is 23.5. The van der Waals surface area contributed by atoms with Crippen molar-refractivity contribution in [3.8, 4) is 0 Å². The second-order valence-corrected chi connectivity index (χ2v) is 12.5. The molecular weight excluding hydrogens is 323 g/mol. The molecular formula is C15H22BrFOSi. The summed E-state index contributed by atoms with van der Waals surface area (Å²) in [4.78, 5) is 0. The molecule has 0 amide bonds. The summed E-state index contributed by atoms with van der Waals surface area (Å²) in [5, 5.41) is 0.227. The summed E-state index contributed by atoms with van der Waals surface area (Å²) in [7, 11) is -1.71. The zero-order chi connectivity index (χ0) is 14.4. The van der Waals surface area contributed by atoms with Gasteiger partial charge in [0, 0.05) is 5.92 Å². The minimum absolute atomic E-state index is 0.185. The maximum atomic E-state index is 13.5. The Labute approximate surface area is 124 Å². The van der Waals surface area contributed by atoms with Crippen molar-refractivity contribution in [1.29, 1.82) is 0 Å². The molecule has 0 N–H and O–H groups in total. The maximum absolute atomic E-state index is 13.5. The molecule has 1 aromatic carbocycles. The van der Waals surface area contributed by atoms with Crippen LogP contribution in [0.2, 0.25) is 18.1 Å². The van der Waals surface area contributed by atoms with Gasteiger partial charge in [-0.1, -0.05) is 26.8 Å². The number of hydrogen-bond acceptors (Lipinski definition) is 1. The van der Waals surface area contributed by atoms with E-state index in [4.69, 9.17) is 4.43 Å². The van der Waals surface area contributed by atoms with Crippen LogP contribution < -0.4 is 0 Å². The van der Waals surface area contributed by atoms with Crippen molar-refractivity contribution < 1.29 is 8.82 Å². The van der Waals surface area contributed by atoms with E-state index < -0.39 is 8.32 Å². The van der Waals surface area contributed by atoms with Crippen LogP contribution in [0.3, 0.4) is 0 Å². The summed E-state index contributed by atoms with van der Waals surface area (Å²) in [6.45, 7) is 11.3. The highest BCUT2D eigenvalue weighted by atomic mass is 79.9. The fourth-order valence-electron chi connectivity index (χ4n) is 1.95. The third kappa shape index (κ3) is 3.28. The Hall–Kier alpha value is -0.193. The van der Waals surface area contributed by atoms with Crippen molar-refractivity contribution in [1.82, 2.24) is 0 Å². The fourth-order valence-corrected chi connectivity index (χ4v) is 3.57. The zero-order valence-corrected chi connectivity index (χ0v) is 14.8. The van der Waals surface area contributed by atoms with Crippen LogP contribution in [0.4, 0.5) is 4.39 Å². The molecule has 1 aromatic rings. The Balaban J connectivity index is 2.03. The molecule has 2 rings (SSSR count). The van der Waals surface area contributed by atoms with Crippen molar-refractivity contribution in [3.05, 3.63) is 34.1 Å². The molecule has 0 heterocycles. The third-order valence-corrected chi connectivity index (χ3v) is 9.50. The highest BCUT2D eigenvalue weighted by molar-refractivity contribution is 9.10. The molecule has 1 fully saturated rings. The molecule has 106 valence electrons. The van der Waals surface area contributed by atoms with Gasteiger partial charge in [0.15, 0.2) is 8.32 Å². The molecule has 1 nitrogen and oxygen atoms in total. The third-order valence-electron chi connectivity index (χ3n) is 4.36. The predicted molar refractivity (Wildman–Crippen MR) is 83.5 cm³/mol. The van der Waals surface area contributed by atoms with Gasteiger partial charge in [0.1, 0.15) is 5.82 Å². The Morgan fingerprint density at radius 2 is 1.95 bits per heavy atom. The molecule has 1 aliphatic carbocycles. The topological polar surface area (TPSA) is 9.23 Å². The van der Waals surface area contributed by atoms with Crippen molar-refractivity contribution >= 4 is 24.2 Å². The van der Waals surface area contributed by atoms with Gasteiger partial charge in [0.05, 0.1) is 10.6 Å². The van der Waals surface area contributed by atoms with Gasteiger partial charge in [-0.05, 0) is 58.2 Å². The largest absolute Gasteiger partial charge is 0.413 e. The van der Waals surface area contributed by atoms with Gasteiger partial charge < -0.3 is 4.43 Å². The van der Waals surface area contributed by atoms with E-state index in [1.54, 1.807) is 12.1 Å². The summed E-state index contributed by atoms with van der Waals surface area (Å²) in [5.74, 6) is 0.187. The lowest BCUT2D eigenvalue weighted by atomic mass is 10.1. The van der Waals surface area contributed by atoms with Crippen molar-refractivity contribution in [2.24, 2.45) is 0 Å². The van der Waals surface area contributed by atoms with E-state index >= 15 is 0 Å². The van der Waals surface area contributed by atoms with Gasteiger partial charge in [-0.3, -0.25) is 0 Å². The first kappa shape index (κ1) is 15.2. The van der Waals surface area contributed by atoms with E-state index in [2.05, 4.69) is 49.8 Å². The first-order chi connectivity index (χ1) is 8.62. The van der Waals surface area contributed by atoms with Crippen molar-refractivity contribution in [3.63, 3.8) is 0 Å². The van der Waals surface area contributed by atoms with Gasteiger partial charge in [-0.25, -0.2) is 4.39 Å². The molecule has 0 unspecified atom stereocenters. The summed E-state index contributed by atoms with van der Waals surface area (Å²) in [6, 6.07) is 5.41. The van der Waals surface area contributed by atoms with Crippen LogP contribution in [0.5, 0.6) is 0 Å². The molecule has 19 heavy (non-hydrogen) atoms. The van der Waals surface area contributed by atoms with Crippen molar-refractivity contribution in [2.75, 3.05) is 0 Å². The average molecular weight is 345 g/mol. The monoisotopic (exact) mass is 344 g/mol. The second kappa shape index (κ2) is 4.97. The molecule has 0 aliphatic heterocycles. The molecule has 0 saturated heterocycles. The van der Waals surface area contributed by atoms with Gasteiger partial charge in [0.25, 0.3) is 0 Å². The van der Waals surface area contributed by atoms with Gasteiger partial charge >= 0.3 is 0 Å². The number of hydrogen-bond donors (Lipinski definition) is 0. The van der Waals surface area contributed by atoms with Crippen LogP contribution >= 0.6 is 15.9 Å². The molecule has 0 spiro atoms. The average Bonchev–Trinajstić information content (AvgIpc) is 2.99. The summed E-state index contributed by atoms with van der Waals surface area (Å²) >= 11 is 3.19. The lowest BCUT2D eigenvalue weighted by Gasteiger charge is -2.36. The first-order valence-corrected chi connectivity index (χ1v) is 10.4. The van der Waals surface area contributed by atoms with Crippen molar-refractivity contribution in [2.45, 2.75) is 57.3 Å². The summed E-state index contributed by atoms with van der Waals surface area (Å²) in [5.41, 5.74) is 1.06.